The Morgan fingerprint density at radius 2 is 1.88 bits per heavy atom. The Morgan fingerprint density at radius 1 is 1.08 bits per heavy atom. The minimum atomic E-state index is 0.692. The van der Waals surface area contributed by atoms with Crippen molar-refractivity contribution >= 4 is 33.4 Å². The number of anilines is 3. The highest BCUT2D eigenvalue weighted by molar-refractivity contribution is 9.10. The molecule has 1 aromatic heterocycles. The van der Waals surface area contributed by atoms with Crippen molar-refractivity contribution in [3.8, 4) is 0 Å². The molecule has 3 rings (SSSR count). The fourth-order valence-electron chi connectivity index (χ4n) is 2.40. The van der Waals surface area contributed by atoms with E-state index in [1.54, 1.807) is 6.20 Å². The van der Waals surface area contributed by atoms with Gasteiger partial charge in [-0.3, -0.25) is 0 Å². The summed E-state index contributed by atoms with van der Waals surface area (Å²) in [6, 6.07) is 18.3. The van der Waals surface area contributed by atoms with Gasteiger partial charge in [0.25, 0.3) is 0 Å². The predicted molar refractivity (Wildman–Crippen MR) is 103 cm³/mol. The van der Waals surface area contributed by atoms with Crippen molar-refractivity contribution in [3.63, 3.8) is 0 Å². The smallest absolute Gasteiger partial charge is 0.227 e. The summed E-state index contributed by atoms with van der Waals surface area (Å²) in [6.45, 7) is 2.83. The van der Waals surface area contributed by atoms with E-state index in [0.717, 1.165) is 22.5 Å². The average Bonchev–Trinajstić information content (AvgIpc) is 2.59. The summed E-state index contributed by atoms with van der Waals surface area (Å²) in [4.78, 5) is 11.0. The first-order valence-corrected chi connectivity index (χ1v) is 8.52. The number of hydrogen-bond donors (Lipinski definition) is 1. The van der Waals surface area contributed by atoms with Gasteiger partial charge in [0, 0.05) is 29.9 Å². The van der Waals surface area contributed by atoms with E-state index in [-0.39, 0.29) is 0 Å². The molecule has 0 amide bonds. The first kappa shape index (κ1) is 16.5. The third-order valence-electron chi connectivity index (χ3n) is 3.68. The second-order valence-electron chi connectivity index (χ2n) is 5.67. The number of aromatic nitrogens is 2. The molecule has 0 saturated carbocycles. The van der Waals surface area contributed by atoms with E-state index in [9.17, 15) is 0 Å². The molecule has 0 unspecified atom stereocenters. The van der Waals surface area contributed by atoms with E-state index >= 15 is 0 Å². The SMILES string of the molecule is Cc1cc(Nc2ccnc(N(C)Cc3ccccc3)n2)ccc1Br. The van der Waals surface area contributed by atoms with E-state index in [2.05, 4.69) is 56.3 Å². The van der Waals surface area contributed by atoms with Crippen LogP contribution in [0.25, 0.3) is 0 Å². The number of benzene rings is 2. The topological polar surface area (TPSA) is 41.1 Å². The number of aryl methyl sites for hydroxylation is 1. The first-order chi connectivity index (χ1) is 11.6. The standard InChI is InChI=1S/C19H19BrN4/c1-14-12-16(8-9-17(14)20)22-18-10-11-21-19(23-18)24(2)13-15-6-4-3-5-7-15/h3-12H,13H2,1-2H3,(H,21,22,23). The molecule has 0 bridgehead atoms. The fourth-order valence-corrected chi connectivity index (χ4v) is 2.65. The molecule has 0 atom stereocenters. The Kier molecular flexibility index (Phi) is 5.11. The summed E-state index contributed by atoms with van der Waals surface area (Å²) in [7, 11) is 2.00. The van der Waals surface area contributed by atoms with Crippen LogP contribution in [0.15, 0.2) is 65.3 Å². The molecule has 122 valence electrons. The van der Waals surface area contributed by atoms with E-state index in [1.165, 1.54) is 11.1 Å². The van der Waals surface area contributed by atoms with Gasteiger partial charge in [-0.25, -0.2) is 4.98 Å². The minimum Gasteiger partial charge on any atom is -0.340 e. The van der Waals surface area contributed by atoms with Crippen LogP contribution in [0, 0.1) is 6.92 Å². The Labute approximate surface area is 150 Å². The number of halogens is 1. The average molecular weight is 383 g/mol. The fraction of sp³-hybridized carbons (Fsp3) is 0.158. The third-order valence-corrected chi connectivity index (χ3v) is 4.57. The van der Waals surface area contributed by atoms with Crippen LogP contribution in [0.5, 0.6) is 0 Å². The molecule has 1 heterocycles. The summed E-state index contributed by atoms with van der Waals surface area (Å²) in [5, 5.41) is 3.33. The van der Waals surface area contributed by atoms with Crippen LogP contribution >= 0.6 is 15.9 Å². The highest BCUT2D eigenvalue weighted by atomic mass is 79.9. The van der Waals surface area contributed by atoms with Gasteiger partial charge >= 0.3 is 0 Å². The van der Waals surface area contributed by atoms with Crippen LogP contribution in [0.1, 0.15) is 11.1 Å². The molecule has 0 saturated heterocycles. The lowest BCUT2D eigenvalue weighted by molar-refractivity contribution is 0.868. The highest BCUT2D eigenvalue weighted by Gasteiger charge is 2.07. The lowest BCUT2D eigenvalue weighted by Gasteiger charge is -2.18. The molecule has 4 nitrogen and oxygen atoms in total. The molecule has 0 aliphatic carbocycles. The van der Waals surface area contributed by atoms with Crippen molar-refractivity contribution in [2.24, 2.45) is 0 Å². The van der Waals surface area contributed by atoms with Crippen LogP contribution in [-0.2, 0) is 6.54 Å². The van der Waals surface area contributed by atoms with Crippen molar-refractivity contribution in [2.45, 2.75) is 13.5 Å². The number of hydrogen-bond acceptors (Lipinski definition) is 4. The van der Waals surface area contributed by atoms with E-state index in [0.29, 0.717) is 5.95 Å². The van der Waals surface area contributed by atoms with Crippen LogP contribution in [0.2, 0.25) is 0 Å². The van der Waals surface area contributed by atoms with Gasteiger partial charge in [-0.1, -0.05) is 46.3 Å². The molecule has 3 aromatic rings. The summed E-state index contributed by atoms with van der Waals surface area (Å²) < 4.78 is 1.10. The van der Waals surface area contributed by atoms with Crippen LogP contribution in [-0.4, -0.2) is 17.0 Å². The van der Waals surface area contributed by atoms with Crippen molar-refractivity contribution in [1.29, 1.82) is 0 Å². The van der Waals surface area contributed by atoms with Gasteiger partial charge in [-0.15, -0.1) is 0 Å². The molecule has 0 fully saturated rings. The van der Waals surface area contributed by atoms with Gasteiger partial charge in [0.1, 0.15) is 5.82 Å². The third kappa shape index (κ3) is 4.11. The van der Waals surface area contributed by atoms with Gasteiger partial charge in [0.05, 0.1) is 0 Å². The van der Waals surface area contributed by atoms with Gasteiger partial charge in [-0.2, -0.15) is 4.98 Å². The normalized spacial score (nSPS) is 10.5. The Morgan fingerprint density at radius 3 is 2.62 bits per heavy atom. The lowest BCUT2D eigenvalue weighted by atomic mass is 10.2. The molecule has 2 aromatic carbocycles. The molecule has 0 spiro atoms. The molecule has 24 heavy (non-hydrogen) atoms. The molecule has 0 aliphatic rings. The summed E-state index contributed by atoms with van der Waals surface area (Å²) in [5.74, 6) is 1.47. The van der Waals surface area contributed by atoms with Gasteiger partial charge < -0.3 is 10.2 Å². The number of rotatable bonds is 5. The second-order valence-corrected chi connectivity index (χ2v) is 6.53. The quantitative estimate of drug-likeness (QED) is 0.679. The molecule has 0 radical (unpaired) electrons. The Hall–Kier alpha value is -2.40. The van der Waals surface area contributed by atoms with Crippen molar-refractivity contribution in [2.75, 3.05) is 17.3 Å². The second kappa shape index (κ2) is 7.45. The molecular formula is C19H19BrN4. The van der Waals surface area contributed by atoms with E-state index in [1.807, 2.05) is 48.3 Å². The van der Waals surface area contributed by atoms with Gasteiger partial charge in [0.2, 0.25) is 5.95 Å². The maximum Gasteiger partial charge on any atom is 0.227 e. The summed E-state index contributed by atoms with van der Waals surface area (Å²) in [5.41, 5.74) is 3.41. The van der Waals surface area contributed by atoms with Crippen LogP contribution < -0.4 is 10.2 Å². The zero-order chi connectivity index (χ0) is 16.9. The molecule has 5 heteroatoms. The predicted octanol–water partition coefficient (Wildman–Crippen LogP) is 4.93. The van der Waals surface area contributed by atoms with Crippen molar-refractivity contribution in [1.82, 2.24) is 9.97 Å². The molecule has 1 N–H and O–H groups in total. The van der Waals surface area contributed by atoms with Gasteiger partial charge in [0.15, 0.2) is 0 Å². The van der Waals surface area contributed by atoms with E-state index in [4.69, 9.17) is 0 Å². The highest BCUT2D eigenvalue weighted by Crippen LogP contribution is 2.23. The molecule has 0 aliphatic heterocycles. The summed E-state index contributed by atoms with van der Waals surface area (Å²) in [6.07, 6.45) is 1.78. The summed E-state index contributed by atoms with van der Waals surface area (Å²) >= 11 is 3.52. The number of nitrogens with zero attached hydrogens (tertiary/aromatic N) is 3. The first-order valence-electron chi connectivity index (χ1n) is 7.73. The van der Waals surface area contributed by atoms with Gasteiger partial charge in [-0.05, 0) is 42.3 Å². The largest absolute Gasteiger partial charge is 0.340 e. The molecular weight excluding hydrogens is 364 g/mol. The number of nitrogens with one attached hydrogen (secondary N) is 1. The zero-order valence-electron chi connectivity index (χ0n) is 13.7. The van der Waals surface area contributed by atoms with Crippen molar-refractivity contribution < 1.29 is 0 Å². The maximum absolute atomic E-state index is 4.61. The Bertz CT molecular complexity index is 821. The van der Waals surface area contributed by atoms with Crippen molar-refractivity contribution in [3.05, 3.63) is 76.4 Å². The Balaban J connectivity index is 1.74. The lowest BCUT2D eigenvalue weighted by Crippen LogP contribution is -2.19. The van der Waals surface area contributed by atoms with Crippen LogP contribution in [0.3, 0.4) is 0 Å². The minimum absolute atomic E-state index is 0.692. The van der Waals surface area contributed by atoms with E-state index < -0.39 is 0 Å². The monoisotopic (exact) mass is 382 g/mol. The maximum atomic E-state index is 4.61. The zero-order valence-corrected chi connectivity index (χ0v) is 15.3. The van der Waals surface area contributed by atoms with Crippen LogP contribution in [0.4, 0.5) is 17.5 Å².